The third kappa shape index (κ3) is 2.80. The first-order valence-corrected chi connectivity index (χ1v) is 5.76. The first-order chi connectivity index (χ1) is 8.20. The van der Waals surface area contributed by atoms with Crippen LogP contribution in [0, 0.1) is 0 Å². The lowest BCUT2D eigenvalue weighted by Gasteiger charge is -2.27. The zero-order valence-corrected chi connectivity index (χ0v) is 9.96. The normalized spacial score (nSPS) is 17.7. The number of rotatable bonds is 5. The number of aromatic nitrogens is 3. The highest BCUT2D eigenvalue weighted by Gasteiger charge is 2.19. The Bertz CT molecular complexity index is 390. The van der Waals surface area contributed by atoms with E-state index in [-0.39, 0.29) is 11.9 Å². The Kier molecular flexibility index (Phi) is 3.70. The van der Waals surface area contributed by atoms with Crippen LogP contribution in [-0.4, -0.2) is 51.8 Å². The van der Waals surface area contributed by atoms with Crippen LogP contribution >= 0.6 is 0 Å². The number of carbonyl (C=O) groups is 1. The summed E-state index contributed by atoms with van der Waals surface area (Å²) in [5.41, 5.74) is 5.28. The number of nitrogens with one attached hydrogen (secondary N) is 1. The second kappa shape index (κ2) is 5.24. The fraction of sp³-hybridized carbons (Fsp3) is 0.700. The van der Waals surface area contributed by atoms with E-state index < -0.39 is 0 Å². The summed E-state index contributed by atoms with van der Waals surface area (Å²) in [6.45, 7) is 3.49. The van der Waals surface area contributed by atoms with Gasteiger partial charge >= 0.3 is 0 Å². The van der Waals surface area contributed by atoms with Gasteiger partial charge in [-0.05, 0) is 13.5 Å². The van der Waals surface area contributed by atoms with Crippen molar-refractivity contribution in [1.29, 1.82) is 0 Å². The van der Waals surface area contributed by atoms with Gasteiger partial charge in [-0.3, -0.25) is 9.69 Å². The third-order valence-electron chi connectivity index (χ3n) is 3.14. The van der Waals surface area contributed by atoms with Crippen LogP contribution in [0.25, 0.3) is 0 Å². The summed E-state index contributed by atoms with van der Waals surface area (Å²) in [6, 6.07) is -0.255. The van der Waals surface area contributed by atoms with Crippen LogP contribution in [-0.2, 0) is 17.9 Å². The van der Waals surface area contributed by atoms with Crippen LogP contribution in [0.15, 0.2) is 6.33 Å². The van der Waals surface area contributed by atoms with Crippen molar-refractivity contribution in [2.75, 3.05) is 20.1 Å². The number of nitrogens with two attached hydrogens (primary N) is 1. The van der Waals surface area contributed by atoms with Crippen molar-refractivity contribution in [3.05, 3.63) is 12.2 Å². The maximum absolute atomic E-state index is 11.1. The van der Waals surface area contributed by atoms with Gasteiger partial charge in [0.05, 0.1) is 12.6 Å². The van der Waals surface area contributed by atoms with Crippen molar-refractivity contribution >= 4 is 5.91 Å². The van der Waals surface area contributed by atoms with Crippen molar-refractivity contribution in [2.24, 2.45) is 5.73 Å². The summed E-state index contributed by atoms with van der Waals surface area (Å²) in [5, 5.41) is 10.9. The molecule has 0 aliphatic carbocycles. The minimum Gasteiger partial charge on any atom is -0.368 e. The van der Waals surface area contributed by atoms with Crippen molar-refractivity contribution in [1.82, 2.24) is 25.0 Å². The predicted octanol–water partition coefficient (Wildman–Crippen LogP) is -1.44. The van der Waals surface area contributed by atoms with Gasteiger partial charge in [0.15, 0.2) is 0 Å². The molecular formula is C10H18N6O. The molecule has 0 radical (unpaired) electrons. The number of carbonyl (C=O) groups excluding carboxylic acids is 1. The second-order valence-electron chi connectivity index (χ2n) is 4.25. The first kappa shape index (κ1) is 12.0. The van der Waals surface area contributed by atoms with Gasteiger partial charge in [0.25, 0.3) is 0 Å². The monoisotopic (exact) mass is 238 g/mol. The summed E-state index contributed by atoms with van der Waals surface area (Å²) in [7, 11) is 1.75. The topological polar surface area (TPSA) is 89.1 Å². The van der Waals surface area contributed by atoms with E-state index in [1.165, 1.54) is 0 Å². The van der Waals surface area contributed by atoms with Gasteiger partial charge in [0.2, 0.25) is 5.91 Å². The van der Waals surface area contributed by atoms with Gasteiger partial charge in [0, 0.05) is 19.6 Å². The van der Waals surface area contributed by atoms with Crippen molar-refractivity contribution in [2.45, 2.75) is 25.6 Å². The highest BCUT2D eigenvalue weighted by atomic mass is 16.1. The molecule has 1 aliphatic rings. The number of hydrogen-bond acceptors (Lipinski definition) is 5. The van der Waals surface area contributed by atoms with Crippen molar-refractivity contribution in [3.63, 3.8) is 0 Å². The van der Waals surface area contributed by atoms with Gasteiger partial charge in [-0.1, -0.05) is 0 Å². The molecule has 0 bridgehead atoms. The Labute approximate surface area is 100.0 Å². The number of hydrogen-bond donors (Lipinski definition) is 2. The van der Waals surface area contributed by atoms with Gasteiger partial charge in [-0.2, -0.15) is 0 Å². The van der Waals surface area contributed by atoms with E-state index >= 15 is 0 Å². The highest BCUT2D eigenvalue weighted by Crippen LogP contribution is 2.09. The molecule has 0 spiro atoms. The Hall–Kier alpha value is -1.47. The molecule has 7 nitrogen and oxygen atoms in total. The maximum Gasteiger partial charge on any atom is 0.234 e. The van der Waals surface area contributed by atoms with Crippen molar-refractivity contribution in [3.8, 4) is 0 Å². The molecule has 0 aromatic carbocycles. The molecule has 1 aromatic rings. The van der Waals surface area contributed by atoms with E-state index in [0.717, 1.165) is 38.4 Å². The molecule has 2 rings (SSSR count). The summed E-state index contributed by atoms with van der Waals surface area (Å²) < 4.78 is 2.06. The van der Waals surface area contributed by atoms with E-state index in [1.807, 2.05) is 0 Å². The SMILES string of the molecule is CNC(CCN1CCn2cnnc2C1)C(N)=O. The predicted molar refractivity (Wildman–Crippen MR) is 62.0 cm³/mol. The molecule has 1 aliphatic heterocycles. The largest absolute Gasteiger partial charge is 0.368 e. The number of amides is 1. The fourth-order valence-corrected chi connectivity index (χ4v) is 2.05. The van der Waals surface area contributed by atoms with E-state index in [2.05, 4.69) is 25.0 Å². The van der Waals surface area contributed by atoms with Gasteiger partial charge in [0.1, 0.15) is 12.2 Å². The molecular weight excluding hydrogens is 220 g/mol. The summed E-state index contributed by atoms with van der Waals surface area (Å²) >= 11 is 0. The van der Waals surface area contributed by atoms with Crippen LogP contribution in [0.5, 0.6) is 0 Å². The van der Waals surface area contributed by atoms with Crippen LogP contribution < -0.4 is 11.1 Å². The molecule has 1 aromatic heterocycles. The molecule has 2 heterocycles. The van der Waals surface area contributed by atoms with E-state index in [9.17, 15) is 4.79 Å². The Morgan fingerprint density at radius 3 is 3.18 bits per heavy atom. The summed E-state index contributed by atoms with van der Waals surface area (Å²) in [6.07, 6.45) is 2.48. The standard InChI is InChI=1S/C10H18N6O/c1-12-8(10(11)17)2-3-15-4-5-16-7-13-14-9(16)6-15/h7-8,12H,2-6H2,1H3,(H2,11,17). The lowest BCUT2D eigenvalue weighted by atomic mass is 10.2. The molecule has 1 unspecified atom stereocenters. The van der Waals surface area contributed by atoms with Gasteiger partial charge in [-0.15, -0.1) is 10.2 Å². The van der Waals surface area contributed by atoms with Crippen molar-refractivity contribution < 1.29 is 4.79 Å². The number of likely N-dealkylation sites (N-methyl/N-ethyl adjacent to an activating group) is 1. The molecule has 17 heavy (non-hydrogen) atoms. The smallest absolute Gasteiger partial charge is 0.234 e. The van der Waals surface area contributed by atoms with Crippen LogP contribution in [0.2, 0.25) is 0 Å². The van der Waals surface area contributed by atoms with Crippen LogP contribution in [0.1, 0.15) is 12.2 Å². The van der Waals surface area contributed by atoms with Gasteiger partial charge in [-0.25, -0.2) is 0 Å². The Morgan fingerprint density at radius 2 is 2.47 bits per heavy atom. The Morgan fingerprint density at radius 1 is 1.65 bits per heavy atom. The van der Waals surface area contributed by atoms with Gasteiger partial charge < -0.3 is 15.6 Å². The molecule has 0 saturated carbocycles. The van der Waals surface area contributed by atoms with Crippen LogP contribution in [0.3, 0.4) is 0 Å². The number of fused-ring (bicyclic) bond motifs is 1. The summed E-state index contributed by atoms with van der Waals surface area (Å²) in [5.74, 6) is 0.684. The maximum atomic E-state index is 11.1. The molecule has 1 amide bonds. The molecule has 7 heteroatoms. The summed E-state index contributed by atoms with van der Waals surface area (Å²) in [4.78, 5) is 13.3. The molecule has 1 atom stereocenters. The molecule has 94 valence electrons. The van der Waals surface area contributed by atoms with E-state index in [0.29, 0.717) is 0 Å². The lowest BCUT2D eigenvalue weighted by molar-refractivity contribution is -0.120. The zero-order valence-electron chi connectivity index (χ0n) is 9.96. The second-order valence-corrected chi connectivity index (χ2v) is 4.25. The number of nitrogens with zero attached hydrogens (tertiary/aromatic N) is 4. The average molecular weight is 238 g/mol. The minimum absolute atomic E-state index is 0.255. The third-order valence-corrected chi connectivity index (χ3v) is 3.14. The lowest BCUT2D eigenvalue weighted by Crippen LogP contribution is -2.43. The van der Waals surface area contributed by atoms with Crippen LogP contribution in [0.4, 0.5) is 0 Å². The van der Waals surface area contributed by atoms with E-state index in [4.69, 9.17) is 5.73 Å². The highest BCUT2D eigenvalue weighted by molar-refractivity contribution is 5.79. The van der Waals surface area contributed by atoms with E-state index in [1.54, 1.807) is 13.4 Å². The quantitative estimate of drug-likeness (QED) is 0.655. The minimum atomic E-state index is -0.298. The number of primary amides is 1. The molecule has 3 N–H and O–H groups in total. The Balaban J connectivity index is 1.84. The molecule has 0 fully saturated rings. The zero-order chi connectivity index (χ0) is 12.3. The molecule has 0 saturated heterocycles. The average Bonchev–Trinajstić information content (AvgIpc) is 2.76. The fourth-order valence-electron chi connectivity index (χ4n) is 2.05. The first-order valence-electron chi connectivity index (χ1n) is 5.76.